The molecule has 2 N–H and O–H groups in total. The lowest BCUT2D eigenvalue weighted by Crippen LogP contribution is -1.94. The van der Waals surface area contributed by atoms with E-state index in [2.05, 4.69) is 0 Å². The summed E-state index contributed by atoms with van der Waals surface area (Å²) in [4.78, 5) is 0. The predicted molar refractivity (Wildman–Crippen MR) is 67.5 cm³/mol. The molecule has 88 valence electrons. The highest BCUT2D eigenvalue weighted by Gasteiger charge is 2.10. The van der Waals surface area contributed by atoms with Crippen molar-refractivity contribution in [2.24, 2.45) is 0 Å². The highest BCUT2D eigenvalue weighted by Crippen LogP contribution is 2.34. The molecule has 0 saturated carbocycles. The van der Waals surface area contributed by atoms with Crippen molar-refractivity contribution >= 4 is 5.69 Å². The Morgan fingerprint density at radius 2 is 1.88 bits per heavy atom. The molecule has 3 heteroatoms. The molecule has 0 aliphatic rings. The molecule has 0 atom stereocenters. The van der Waals surface area contributed by atoms with E-state index in [0.29, 0.717) is 11.4 Å². The summed E-state index contributed by atoms with van der Waals surface area (Å²) in [5, 5.41) is 0. The number of halogens is 1. The molecule has 2 aromatic rings. The highest BCUT2D eigenvalue weighted by atomic mass is 19.1. The first-order valence-electron chi connectivity index (χ1n) is 5.32. The summed E-state index contributed by atoms with van der Waals surface area (Å²) in [6.45, 7) is 1.91. The molecular weight excluding hydrogens is 217 g/mol. The summed E-state index contributed by atoms with van der Waals surface area (Å²) in [6, 6.07) is 10.0. The van der Waals surface area contributed by atoms with Crippen molar-refractivity contribution in [2.75, 3.05) is 12.8 Å². The minimum Gasteiger partial charge on any atom is -0.496 e. The standard InChI is InChI=1S/C14H14FNO/c1-9-11(4-3-5-13(9)16)12-8-10(15)6-7-14(12)17-2/h3-8H,16H2,1-2H3. The average Bonchev–Trinajstić information content (AvgIpc) is 2.33. The molecule has 0 saturated heterocycles. The Bertz CT molecular complexity index is 552. The number of hydrogen-bond acceptors (Lipinski definition) is 2. The maximum Gasteiger partial charge on any atom is 0.126 e. The molecule has 2 aromatic carbocycles. The molecule has 0 bridgehead atoms. The van der Waals surface area contributed by atoms with Crippen molar-refractivity contribution in [3.63, 3.8) is 0 Å². The molecule has 0 aliphatic carbocycles. The Balaban J connectivity index is 2.67. The molecule has 0 spiro atoms. The molecule has 2 nitrogen and oxygen atoms in total. The Labute approximate surface area is 99.8 Å². The van der Waals surface area contributed by atoms with Crippen LogP contribution in [-0.2, 0) is 0 Å². The fourth-order valence-corrected chi connectivity index (χ4v) is 1.84. The van der Waals surface area contributed by atoms with Gasteiger partial charge in [0.2, 0.25) is 0 Å². The SMILES string of the molecule is COc1ccc(F)cc1-c1cccc(N)c1C. The lowest BCUT2D eigenvalue weighted by atomic mass is 9.98. The molecule has 0 heterocycles. The predicted octanol–water partition coefficient (Wildman–Crippen LogP) is 3.39. The summed E-state index contributed by atoms with van der Waals surface area (Å²) < 4.78 is 18.6. The maximum absolute atomic E-state index is 13.3. The number of methoxy groups -OCH3 is 1. The van der Waals surface area contributed by atoms with Crippen molar-refractivity contribution in [1.82, 2.24) is 0 Å². The van der Waals surface area contributed by atoms with Gasteiger partial charge in [-0.3, -0.25) is 0 Å². The summed E-state index contributed by atoms with van der Waals surface area (Å²) >= 11 is 0. The highest BCUT2D eigenvalue weighted by molar-refractivity contribution is 5.77. The van der Waals surface area contributed by atoms with Crippen LogP contribution in [0.1, 0.15) is 5.56 Å². The summed E-state index contributed by atoms with van der Waals surface area (Å²) in [7, 11) is 1.57. The van der Waals surface area contributed by atoms with E-state index < -0.39 is 0 Å². The third kappa shape index (κ3) is 2.09. The first-order valence-corrected chi connectivity index (χ1v) is 5.32. The second-order valence-corrected chi connectivity index (χ2v) is 3.86. The molecular formula is C14H14FNO. The van der Waals surface area contributed by atoms with E-state index in [1.54, 1.807) is 13.2 Å². The van der Waals surface area contributed by atoms with Crippen LogP contribution >= 0.6 is 0 Å². The molecule has 0 fully saturated rings. The van der Waals surface area contributed by atoms with Crippen LogP contribution in [0.4, 0.5) is 10.1 Å². The third-order valence-electron chi connectivity index (χ3n) is 2.83. The van der Waals surface area contributed by atoms with Gasteiger partial charge < -0.3 is 10.5 Å². The van der Waals surface area contributed by atoms with Crippen molar-refractivity contribution < 1.29 is 9.13 Å². The Morgan fingerprint density at radius 1 is 1.12 bits per heavy atom. The van der Waals surface area contributed by atoms with Crippen LogP contribution in [0.3, 0.4) is 0 Å². The van der Waals surface area contributed by atoms with Crippen LogP contribution in [0.2, 0.25) is 0 Å². The van der Waals surface area contributed by atoms with Crippen molar-refractivity contribution in [3.05, 3.63) is 47.8 Å². The zero-order valence-corrected chi connectivity index (χ0v) is 9.83. The quantitative estimate of drug-likeness (QED) is 0.804. The number of nitrogen functional groups attached to an aromatic ring is 1. The van der Waals surface area contributed by atoms with Crippen LogP contribution in [0.25, 0.3) is 11.1 Å². The number of ether oxygens (including phenoxy) is 1. The van der Waals surface area contributed by atoms with Gasteiger partial charge in [-0.15, -0.1) is 0 Å². The number of rotatable bonds is 2. The van der Waals surface area contributed by atoms with Crippen LogP contribution in [0.15, 0.2) is 36.4 Å². The van der Waals surface area contributed by atoms with Crippen molar-refractivity contribution in [3.8, 4) is 16.9 Å². The molecule has 0 aliphatic heterocycles. The summed E-state index contributed by atoms with van der Waals surface area (Å²) in [6.07, 6.45) is 0. The smallest absolute Gasteiger partial charge is 0.126 e. The lowest BCUT2D eigenvalue weighted by molar-refractivity contribution is 0.415. The summed E-state index contributed by atoms with van der Waals surface area (Å²) in [5.74, 6) is 0.350. The van der Waals surface area contributed by atoms with Gasteiger partial charge in [0, 0.05) is 11.3 Å². The van der Waals surface area contributed by atoms with Gasteiger partial charge in [0.05, 0.1) is 7.11 Å². The van der Waals surface area contributed by atoms with Gasteiger partial charge in [-0.05, 0) is 42.3 Å². The Kier molecular flexibility index (Phi) is 3.00. The number of hydrogen-bond donors (Lipinski definition) is 1. The second kappa shape index (κ2) is 4.45. The second-order valence-electron chi connectivity index (χ2n) is 3.86. The molecule has 0 aromatic heterocycles. The van der Waals surface area contributed by atoms with Crippen molar-refractivity contribution in [2.45, 2.75) is 6.92 Å². The van der Waals surface area contributed by atoms with E-state index in [4.69, 9.17) is 10.5 Å². The normalized spacial score (nSPS) is 10.3. The number of benzene rings is 2. The van der Waals surface area contributed by atoms with Gasteiger partial charge in [-0.2, -0.15) is 0 Å². The molecule has 0 unspecified atom stereocenters. The average molecular weight is 231 g/mol. The molecule has 0 amide bonds. The van der Waals surface area contributed by atoms with Crippen LogP contribution in [0, 0.1) is 12.7 Å². The minimum atomic E-state index is -0.289. The fraction of sp³-hybridized carbons (Fsp3) is 0.143. The largest absolute Gasteiger partial charge is 0.496 e. The van der Waals surface area contributed by atoms with E-state index in [1.165, 1.54) is 12.1 Å². The van der Waals surface area contributed by atoms with E-state index in [9.17, 15) is 4.39 Å². The van der Waals surface area contributed by atoms with Gasteiger partial charge in [0.1, 0.15) is 11.6 Å². The van der Waals surface area contributed by atoms with E-state index in [0.717, 1.165) is 16.7 Å². The van der Waals surface area contributed by atoms with Crippen LogP contribution in [-0.4, -0.2) is 7.11 Å². The number of nitrogens with two attached hydrogens (primary N) is 1. The molecule has 2 rings (SSSR count). The maximum atomic E-state index is 13.3. The molecule has 17 heavy (non-hydrogen) atoms. The minimum absolute atomic E-state index is 0.289. The van der Waals surface area contributed by atoms with Crippen molar-refractivity contribution in [1.29, 1.82) is 0 Å². The first-order chi connectivity index (χ1) is 8.13. The van der Waals surface area contributed by atoms with Gasteiger partial charge in [0.15, 0.2) is 0 Å². The van der Waals surface area contributed by atoms with Crippen LogP contribution in [0.5, 0.6) is 5.75 Å². The zero-order chi connectivity index (χ0) is 12.4. The Morgan fingerprint density at radius 3 is 2.59 bits per heavy atom. The van der Waals surface area contributed by atoms with E-state index in [1.807, 2.05) is 25.1 Å². The Hall–Kier alpha value is -2.03. The third-order valence-corrected chi connectivity index (χ3v) is 2.83. The van der Waals surface area contributed by atoms with E-state index >= 15 is 0 Å². The van der Waals surface area contributed by atoms with E-state index in [-0.39, 0.29) is 5.82 Å². The van der Waals surface area contributed by atoms with Gasteiger partial charge in [-0.1, -0.05) is 12.1 Å². The van der Waals surface area contributed by atoms with Gasteiger partial charge in [0.25, 0.3) is 0 Å². The first kappa shape index (κ1) is 11.5. The van der Waals surface area contributed by atoms with Gasteiger partial charge >= 0.3 is 0 Å². The van der Waals surface area contributed by atoms with Gasteiger partial charge in [-0.25, -0.2) is 4.39 Å². The lowest BCUT2D eigenvalue weighted by Gasteiger charge is -2.12. The molecule has 0 radical (unpaired) electrons. The summed E-state index contributed by atoms with van der Waals surface area (Å²) in [5.41, 5.74) is 9.08. The zero-order valence-electron chi connectivity index (χ0n) is 9.83. The van der Waals surface area contributed by atoms with Crippen LogP contribution < -0.4 is 10.5 Å². The number of anilines is 1. The fourth-order valence-electron chi connectivity index (χ4n) is 1.84. The topological polar surface area (TPSA) is 35.2 Å². The monoisotopic (exact) mass is 231 g/mol.